The number of carbonyl (C=O) groups is 1. The van der Waals surface area contributed by atoms with Gasteiger partial charge in [0, 0.05) is 12.1 Å². The van der Waals surface area contributed by atoms with Gasteiger partial charge in [-0.15, -0.1) is 0 Å². The topological polar surface area (TPSA) is 41.1 Å². The minimum absolute atomic E-state index is 0.122. The highest BCUT2D eigenvalue weighted by Crippen LogP contribution is 2.23. The Balaban J connectivity index is 1.64. The summed E-state index contributed by atoms with van der Waals surface area (Å²) in [5.74, 6) is 0.635. The molecule has 1 saturated heterocycles. The summed E-state index contributed by atoms with van der Waals surface area (Å²) in [4.78, 5) is 12.2. The molecular formula is C19H22N2O. The molecule has 0 saturated carbocycles. The van der Waals surface area contributed by atoms with Gasteiger partial charge in [-0.2, -0.15) is 0 Å². The van der Waals surface area contributed by atoms with E-state index in [1.54, 1.807) is 0 Å². The lowest BCUT2D eigenvalue weighted by Gasteiger charge is -2.22. The zero-order chi connectivity index (χ0) is 15.2. The lowest BCUT2D eigenvalue weighted by atomic mass is 9.94. The van der Waals surface area contributed by atoms with Gasteiger partial charge in [0.2, 0.25) is 5.91 Å². The number of amides is 1. The van der Waals surface area contributed by atoms with Crippen LogP contribution in [0.1, 0.15) is 19.3 Å². The average Bonchev–Trinajstić information content (AvgIpc) is 2.57. The molecule has 3 nitrogen and oxygen atoms in total. The van der Waals surface area contributed by atoms with Gasteiger partial charge < -0.3 is 10.6 Å². The first kappa shape index (κ1) is 14.8. The monoisotopic (exact) mass is 294 g/mol. The molecule has 0 atom stereocenters. The van der Waals surface area contributed by atoms with Crippen LogP contribution in [0.2, 0.25) is 0 Å². The van der Waals surface area contributed by atoms with Crippen LogP contribution in [0.15, 0.2) is 54.6 Å². The van der Waals surface area contributed by atoms with Crippen LogP contribution >= 0.6 is 0 Å². The quantitative estimate of drug-likeness (QED) is 0.903. The molecule has 0 unspecified atom stereocenters. The van der Waals surface area contributed by atoms with Crippen LogP contribution in [-0.2, 0) is 4.79 Å². The van der Waals surface area contributed by atoms with Gasteiger partial charge in [0.25, 0.3) is 0 Å². The molecule has 1 heterocycles. The molecule has 0 bridgehead atoms. The first-order valence-electron chi connectivity index (χ1n) is 7.97. The van der Waals surface area contributed by atoms with Gasteiger partial charge in [-0.3, -0.25) is 4.79 Å². The van der Waals surface area contributed by atoms with Gasteiger partial charge in [0.15, 0.2) is 0 Å². The molecule has 114 valence electrons. The first-order valence-corrected chi connectivity index (χ1v) is 7.97. The van der Waals surface area contributed by atoms with Crippen LogP contribution in [-0.4, -0.2) is 19.0 Å². The Bertz CT molecular complexity index is 618. The Hall–Kier alpha value is -2.13. The fraction of sp³-hybridized carbons (Fsp3) is 0.316. The predicted octanol–water partition coefficient (Wildman–Crippen LogP) is 3.68. The van der Waals surface area contributed by atoms with Crippen molar-refractivity contribution in [2.75, 3.05) is 18.4 Å². The van der Waals surface area contributed by atoms with E-state index in [4.69, 9.17) is 0 Å². The number of anilines is 1. The summed E-state index contributed by atoms with van der Waals surface area (Å²) in [6, 6.07) is 18.3. The smallest absolute Gasteiger partial charge is 0.224 e. The normalized spacial score (nSPS) is 15.5. The first-order chi connectivity index (χ1) is 10.8. The van der Waals surface area contributed by atoms with E-state index in [0.717, 1.165) is 42.7 Å². The molecular weight excluding hydrogens is 272 g/mol. The second-order valence-corrected chi connectivity index (χ2v) is 5.89. The lowest BCUT2D eigenvalue weighted by molar-refractivity contribution is -0.117. The molecule has 22 heavy (non-hydrogen) atoms. The molecule has 1 aliphatic heterocycles. The largest absolute Gasteiger partial charge is 0.326 e. The Morgan fingerprint density at radius 1 is 1.00 bits per heavy atom. The van der Waals surface area contributed by atoms with E-state index in [2.05, 4.69) is 28.8 Å². The van der Waals surface area contributed by atoms with Gasteiger partial charge in [0.1, 0.15) is 0 Å². The Morgan fingerprint density at radius 2 is 1.73 bits per heavy atom. The van der Waals surface area contributed by atoms with Crippen molar-refractivity contribution in [2.45, 2.75) is 19.3 Å². The number of hydrogen-bond donors (Lipinski definition) is 2. The van der Waals surface area contributed by atoms with Crippen LogP contribution in [0.25, 0.3) is 11.1 Å². The SMILES string of the molecule is O=C(CC1CCNCC1)Nc1cccc(-c2ccccc2)c1. The van der Waals surface area contributed by atoms with E-state index < -0.39 is 0 Å². The molecule has 3 heteroatoms. The molecule has 2 aromatic rings. The molecule has 1 aliphatic rings. The fourth-order valence-electron chi connectivity index (χ4n) is 2.97. The zero-order valence-corrected chi connectivity index (χ0v) is 12.7. The lowest BCUT2D eigenvalue weighted by Crippen LogP contribution is -2.30. The Morgan fingerprint density at radius 3 is 2.50 bits per heavy atom. The third-order valence-electron chi connectivity index (χ3n) is 4.19. The molecule has 2 aromatic carbocycles. The maximum absolute atomic E-state index is 12.2. The second kappa shape index (κ2) is 7.23. The van der Waals surface area contributed by atoms with Gasteiger partial charge in [-0.05, 0) is 55.1 Å². The van der Waals surface area contributed by atoms with E-state index in [1.807, 2.05) is 36.4 Å². The standard InChI is InChI=1S/C19H22N2O/c22-19(13-15-9-11-20-12-10-15)21-18-8-4-7-17(14-18)16-5-2-1-3-6-16/h1-8,14-15,20H,9-13H2,(H,21,22). The second-order valence-electron chi connectivity index (χ2n) is 5.89. The summed E-state index contributed by atoms with van der Waals surface area (Å²) in [5.41, 5.74) is 3.16. The van der Waals surface area contributed by atoms with Crippen LogP contribution in [0.5, 0.6) is 0 Å². The summed E-state index contributed by atoms with van der Waals surface area (Å²) in [5, 5.41) is 6.37. The van der Waals surface area contributed by atoms with Gasteiger partial charge in [0.05, 0.1) is 0 Å². The highest BCUT2D eigenvalue weighted by atomic mass is 16.1. The molecule has 0 spiro atoms. The molecule has 0 aromatic heterocycles. The molecule has 1 amide bonds. The van der Waals surface area contributed by atoms with Gasteiger partial charge in [-0.1, -0.05) is 42.5 Å². The third-order valence-corrected chi connectivity index (χ3v) is 4.19. The van der Waals surface area contributed by atoms with Gasteiger partial charge in [-0.25, -0.2) is 0 Å². The van der Waals surface area contributed by atoms with E-state index >= 15 is 0 Å². The van der Waals surface area contributed by atoms with E-state index in [1.165, 1.54) is 0 Å². The Labute approximate surface area is 131 Å². The number of hydrogen-bond acceptors (Lipinski definition) is 2. The molecule has 2 N–H and O–H groups in total. The van der Waals surface area contributed by atoms with Crippen LogP contribution in [0.4, 0.5) is 5.69 Å². The number of rotatable bonds is 4. The van der Waals surface area contributed by atoms with Crippen molar-refractivity contribution >= 4 is 11.6 Å². The maximum Gasteiger partial charge on any atom is 0.224 e. The van der Waals surface area contributed by atoms with E-state index in [9.17, 15) is 4.79 Å². The van der Waals surface area contributed by atoms with E-state index in [0.29, 0.717) is 12.3 Å². The van der Waals surface area contributed by atoms with Crippen molar-refractivity contribution < 1.29 is 4.79 Å². The minimum atomic E-state index is 0.122. The number of nitrogens with one attached hydrogen (secondary N) is 2. The molecule has 3 rings (SSSR count). The molecule has 1 fully saturated rings. The highest BCUT2D eigenvalue weighted by Gasteiger charge is 2.16. The zero-order valence-electron chi connectivity index (χ0n) is 12.7. The summed E-state index contributed by atoms with van der Waals surface area (Å²) in [7, 11) is 0. The van der Waals surface area contributed by atoms with Crippen molar-refractivity contribution in [3.63, 3.8) is 0 Å². The van der Waals surface area contributed by atoms with E-state index in [-0.39, 0.29) is 5.91 Å². The maximum atomic E-state index is 12.2. The summed E-state index contributed by atoms with van der Waals surface area (Å²) >= 11 is 0. The fourth-order valence-corrected chi connectivity index (χ4v) is 2.97. The summed E-state index contributed by atoms with van der Waals surface area (Å²) < 4.78 is 0. The van der Waals surface area contributed by atoms with Crippen molar-refractivity contribution in [2.24, 2.45) is 5.92 Å². The van der Waals surface area contributed by atoms with Crippen LogP contribution in [0.3, 0.4) is 0 Å². The predicted molar refractivity (Wildman–Crippen MR) is 90.7 cm³/mol. The van der Waals surface area contributed by atoms with Crippen molar-refractivity contribution in [1.29, 1.82) is 0 Å². The number of carbonyl (C=O) groups excluding carboxylic acids is 1. The van der Waals surface area contributed by atoms with Crippen molar-refractivity contribution in [3.8, 4) is 11.1 Å². The van der Waals surface area contributed by atoms with Gasteiger partial charge >= 0.3 is 0 Å². The number of benzene rings is 2. The third kappa shape index (κ3) is 3.95. The minimum Gasteiger partial charge on any atom is -0.326 e. The van der Waals surface area contributed by atoms with Crippen molar-refractivity contribution in [1.82, 2.24) is 5.32 Å². The van der Waals surface area contributed by atoms with Crippen LogP contribution < -0.4 is 10.6 Å². The average molecular weight is 294 g/mol. The molecule has 0 aliphatic carbocycles. The number of piperidine rings is 1. The van der Waals surface area contributed by atoms with Crippen LogP contribution in [0, 0.1) is 5.92 Å². The Kier molecular flexibility index (Phi) is 4.86. The highest BCUT2D eigenvalue weighted by molar-refractivity contribution is 5.91. The van der Waals surface area contributed by atoms with Crippen molar-refractivity contribution in [3.05, 3.63) is 54.6 Å². The summed E-state index contributed by atoms with van der Waals surface area (Å²) in [6.07, 6.45) is 2.81. The molecule has 0 radical (unpaired) electrons. The summed E-state index contributed by atoms with van der Waals surface area (Å²) in [6.45, 7) is 2.06.